The minimum Gasteiger partial charge on any atom is -0.396 e. The van der Waals surface area contributed by atoms with Crippen molar-refractivity contribution in [3.8, 4) is 0 Å². The molecule has 106 valence electrons. The largest absolute Gasteiger partial charge is 0.396 e. The maximum atomic E-state index is 9.30. The van der Waals surface area contributed by atoms with Crippen molar-refractivity contribution in [2.45, 2.75) is 26.4 Å². The summed E-state index contributed by atoms with van der Waals surface area (Å²) in [6.07, 6.45) is 2.15. The number of aliphatic hydroxyl groups excluding tert-OH is 1. The molecule has 1 aromatic heterocycles. The zero-order valence-electron chi connectivity index (χ0n) is 11.6. The first-order valence-corrected chi connectivity index (χ1v) is 6.69. The van der Waals surface area contributed by atoms with Gasteiger partial charge in [-0.1, -0.05) is 0 Å². The van der Waals surface area contributed by atoms with Crippen LogP contribution in [0.4, 0.5) is 11.6 Å². The molecule has 1 fully saturated rings. The Morgan fingerprint density at radius 1 is 1.37 bits per heavy atom. The van der Waals surface area contributed by atoms with E-state index in [0.717, 1.165) is 31.0 Å². The average Bonchev–Trinajstić information content (AvgIpc) is 3.23. The number of hydrogen-bond donors (Lipinski definition) is 3. The van der Waals surface area contributed by atoms with Crippen molar-refractivity contribution in [3.05, 3.63) is 11.9 Å². The predicted molar refractivity (Wildman–Crippen MR) is 74.2 cm³/mol. The van der Waals surface area contributed by atoms with Gasteiger partial charge >= 0.3 is 0 Å². The summed E-state index contributed by atoms with van der Waals surface area (Å²) in [6.45, 7) is 3.97. The first kappa shape index (κ1) is 14.0. The molecule has 0 bridgehead atoms. The van der Waals surface area contributed by atoms with Gasteiger partial charge in [0.15, 0.2) is 5.82 Å². The molecule has 1 aliphatic rings. The lowest BCUT2D eigenvalue weighted by Crippen LogP contribution is -2.20. The van der Waals surface area contributed by atoms with Crippen molar-refractivity contribution in [1.29, 1.82) is 0 Å². The number of anilines is 2. The highest BCUT2D eigenvalue weighted by Crippen LogP contribution is 2.44. The van der Waals surface area contributed by atoms with E-state index in [-0.39, 0.29) is 12.0 Å². The van der Waals surface area contributed by atoms with Gasteiger partial charge in [0.25, 0.3) is 0 Å². The molecule has 19 heavy (non-hydrogen) atoms. The zero-order chi connectivity index (χ0) is 13.7. The van der Waals surface area contributed by atoms with Crippen molar-refractivity contribution in [1.82, 2.24) is 9.97 Å². The number of aliphatic hydroxyl groups is 1. The molecule has 1 aromatic rings. The Bertz CT molecular complexity index is 421. The average molecular weight is 266 g/mol. The lowest BCUT2D eigenvalue weighted by atomic mass is 10.1. The van der Waals surface area contributed by atoms with E-state index in [2.05, 4.69) is 20.6 Å². The Kier molecular flexibility index (Phi) is 4.55. The summed E-state index contributed by atoms with van der Waals surface area (Å²) < 4.78 is 5.33. The van der Waals surface area contributed by atoms with Crippen LogP contribution in [-0.2, 0) is 11.3 Å². The molecule has 6 nitrogen and oxygen atoms in total. The zero-order valence-corrected chi connectivity index (χ0v) is 11.6. The third-order valence-corrected chi connectivity index (χ3v) is 3.40. The molecule has 0 aliphatic heterocycles. The summed E-state index contributed by atoms with van der Waals surface area (Å²) >= 11 is 0. The number of ether oxygens (including phenoxy) is 1. The van der Waals surface area contributed by atoms with Crippen LogP contribution >= 0.6 is 0 Å². The summed E-state index contributed by atoms with van der Waals surface area (Å²) in [5.41, 5.74) is 0.0604. The smallest absolute Gasteiger partial charge is 0.158 e. The standard InChI is InChI=1S/C13H22N4O2/c1-3-19-7-12-16-10(14-2)6-11(17-12)15-8-13(9-18)4-5-13/h6,18H,3-5,7-9H2,1-2H3,(H2,14,15,16,17). The van der Waals surface area contributed by atoms with Gasteiger partial charge in [0.2, 0.25) is 0 Å². The monoisotopic (exact) mass is 266 g/mol. The normalized spacial score (nSPS) is 16.2. The Labute approximate surface area is 113 Å². The summed E-state index contributed by atoms with van der Waals surface area (Å²) in [6, 6.07) is 1.86. The quantitative estimate of drug-likeness (QED) is 0.657. The van der Waals surface area contributed by atoms with Gasteiger partial charge < -0.3 is 20.5 Å². The maximum Gasteiger partial charge on any atom is 0.158 e. The van der Waals surface area contributed by atoms with Crippen LogP contribution < -0.4 is 10.6 Å². The topological polar surface area (TPSA) is 79.3 Å². The predicted octanol–water partition coefficient (Wildman–Crippen LogP) is 1.24. The lowest BCUT2D eigenvalue weighted by Gasteiger charge is -2.14. The first-order chi connectivity index (χ1) is 9.21. The van der Waals surface area contributed by atoms with Gasteiger partial charge in [-0.25, -0.2) is 9.97 Å². The molecule has 0 amide bonds. The van der Waals surface area contributed by atoms with Crippen molar-refractivity contribution in [3.63, 3.8) is 0 Å². The van der Waals surface area contributed by atoms with E-state index in [1.165, 1.54) is 0 Å². The third kappa shape index (κ3) is 3.78. The number of hydrogen-bond acceptors (Lipinski definition) is 6. The van der Waals surface area contributed by atoms with Gasteiger partial charge in [0, 0.05) is 31.7 Å². The molecule has 1 aliphatic carbocycles. The Morgan fingerprint density at radius 3 is 2.68 bits per heavy atom. The van der Waals surface area contributed by atoms with E-state index in [1.54, 1.807) is 0 Å². The molecular weight excluding hydrogens is 244 g/mol. The van der Waals surface area contributed by atoms with Crippen molar-refractivity contribution >= 4 is 11.6 Å². The fraction of sp³-hybridized carbons (Fsp3) is 0.692. The molecule has 2 rings (SSSR count). The van der Waals surface area contributed by atoms with Crippen molar-refractivity contribution < 1.29 is 9.84 Å². The third-order valence-electron chi connectivity index (χ3n) is 3.40. The molecule has 0 unspecified atom stereocenters. The minimum atomic E-state index is 0.0604. The second-order valence-electron chi connectivity index (χ2n) is 4.95. The van der Waals surface area contributed by atoms with Gasteiger partial charge in [-0.2, -0.15) is 0 Å². The van der Waals surface area contributed by atoms with Crippen LogP contribution in [0.15, 0.2) is 6.07 Å². The van der Waals surface area contributed by atoms with E-state index < -0.39 is 0 Å². The molecular formula is C13H22N4O2. The molecule has 3 N–H and O–H groups in total. The molecule has 0 spiro atoms. The molecule has 1 saturated carbocycles. The Hall–Kier alpha value is -1.40. The lowest BCUT2D eigenvalue weighted by molar-refractivity contribution is 0.128. The van der Waals surface area contributed by atoms with Gasteiger partial charge in [-0.05, 0) is 19.8 Å². The number of rotatable bonds is 8. The summed E-state index contributed by atoms with van der Waals surface area (Å²) in [4.78, 5) is 8.75. The molecule has 0 radical (unpaired) electrons. The fourth-order valence-corrected chi connectivity index (χ4v) is 1.82. The molecule has 0 aromatic carbocycles. The number of aromatic nitrogens is 2. The summed E-state index contributed by atoms with van der Waals surface area (Å²) in [5.74, 6) is 2.19. The van der Waals surface area contributed by atoms with E-state index in [0.29, 0.717) is 19.0 Å². The van der Waals surface area contributed by atoms with Crippen LogP contribution in [0.3, 0.4) is 0 Å². The highest BCUT2D eigenvalue weighted by Gasteiger charge is 2.41. The van der Waals surface area contributed by atoms with Crippen molar-refractivity contribution in [2.75, 3.05) is 37.4 Å². The number of nitrogens with one attached hydrogen (secondary N) is 2. The van der Waals surface area contributed by atoms with E-state index in [1.807, 2.05) is 20.0 Å². The highest BCUT2D eigenvalue weighted by atomic mass is 16.5. The second-order valence-corrected chi connectivity index (χ2v) is 4.95. The van der Waals surface area contributed by atoms with Crippen LogP contribution in [0, 0.1) is 5.41 Å². The van der Waals surface area contributed by atoms with Crippen LogP contribution in [-0.4, -0.2) is 41.9 Å². The highest BCUT2D eigenvalue weighted by molar-refractivity contribution is 5.47. The van der Waals surface area contributed by atoms with E-state index >= 15 is 0 Å². The first-order valence-electron chi connectivity index (χ1n) is 6.69. The van der Waals surface area contributed by atoms with Crippen LogP contribution in [0.2, 0.25) is 0 Å². The molecule has 0 saturated heterocycles. The Balaban J connectivity index is 2.01. The van der Waals surface area contributed by atoms with Crippen LogP contribution in [0.25, 0.3) is 0 Å². The van der Waals surface area contributed by atoms with Crippen LogP contribution in [0.5, 0.6) is 0 Å². The van der Waals surface area contributed by atoms with Gasteiger partial charge in [-0.15, -0.1) is 0 Å². The fourth-order valence-electron chi connectivity index (χ4n) is 1.82. The number of nitrogens with zero attached hydrogens (tertiary/aromatic N) is 2. The van der Waals surface area contributed by atoms with Crippen molar-refractivity contribution in [2.24, 2.45) is 5.41 Å². The molecule has 1 heterocycles. The van der Waals surface area contributed by atoms with Gasteiger partial charge in [0.1, 0.15) is 18.2 Å². The van der Waals surface area contributed by atoms with E-state index in [4.69, 9.17) is 4.74 Å². The van der Waals surface area contributed by atoms with Crippen LogP contribution in [0.1, 0.15) is 25.6 Å². The summed E-state index contributed by atoms with van der Waals surface area (Å²) in [7, 11) is 1.83. The minimum absolute atomic E-state index is 0.0604. The Morgan fingerprint density at radius 2 is 2.11 bits per heavy atom. The van der Waals surface area contributed by atoms with Gasteiger partial charge in [0.05, 0.1) is 6.61 Å². The maximum absolute atomic E-state index is 9.30. The molecule has 0 atom stereocenters. The van der Waals surface area contributed by atoms with Gasteiger partial charge in [-0.3, -0.25) is 0 Å². The summed E-state index contributed by atoms with van der Waals surface area (Å²) in [5, 5.41) is 15.6. The SMILES string of the molecule is CCOCc1nc(NC)cc(NCC2(CO)CC2)n1. The van der Waals surface area contributed by atoms with E-state index in [9.17, 15) is 5.11 Å². The molecule has 6 heteroatoms. The second kappa shape index (κ2) is 6.16.